The Morgan fingerprint density at radius 1 is 1.48 bits per heavy atom. The van der Waals surface area contributed by atoms with Crippen molar-refractivity contribution in [3.05, 3.63) is 39.7 Å². The average Bonchev–Trinajstić information content (AvgIpc) is 2.45. The van der Waals surface area contributed by atoms with Gasteiger partial charge in [0.1, 0.15) is 11.9 Å². The van der Waals surface area contributed by atoms with Gasteiger partial charge in [-0.1, -0.05) is 0 Å². The zero-order valence-electron chi connectivity index (χ0n) is 11.9. The molecule has 1 rings (SSSR count). The molecule has 21 heavy (non-hydrogen) atoms. The Labute approximate surface area is 120 Å². The molecular formula is C13H16FN3O4. The second-order valence-electron chi connectivity index (χ2n) is 4.47. The van der Waals surface area contributed by atoms with Gasteiger partial charge in [0.2, 0.25) is 5.91 Å². The summed E-state index contributed by atoms with van der Waals surface area (Å²) in [6, 6.07) is 1.79. The number of amides is 2. The number of halogens is 1. The number of rotatable bonds is 5. The third kappa shape index (κ3) is 3.98. The van der Waals surface area contributed by atoms with E-state index in [-0.39, 0.29) is 5.91 Å². The van der Waals surface area contributed by atoms with Gasteiger partial charge in [0.05, 0.1) is 10.5 Å². The minimum absolute atomic E-state index is 0.336. The number of hydrogen-bond acceptors (Lipinski definition) is 4. The van der Waals surface area contributed by atoms with Gasteiger partial charge in [-0.05, 0) is 19.9 Å². The van der Waals surface area contributed by atoms with E-state index in [9.17, 15) is 24.1 Å². The van der Waals surface area contributed by atoms with Gasteiger partial charge >= 0.3 is 0 Å². The first-order valence-electron chi connectivity index (χ1n) is 6.27. The quantitative estimate of drug-likeness (QED) is 0.655. The highest BCUT2D eigenvalue weighted by Gasteiger charge is 2.22. The van der Waals surface area contributed by atoms with Crippen LogP contribution in [0, 0.1) is 15.9 Å². The van der Waals surface area contributed by atoms with Crippen LogP contribution in [0.25, 0.3) is 0 Å². The van der Waals surface area contributed by atoms with E-state index in [2.05, 4.69) is 5.32 Å². The van der Waals surface area contributed by atoms with E-state index < -0.39 is 33.9 Å². The molecule has 0 aliphatic rings. The summed E-state index contributed by atoms with van der Waals surface area (Å²) in [5, 5.41) is 13.0. The second-order valence-corrected chi connectivity index (χ2v) is 4.47. The molecule has 8 heteroatoms. The van der Waals surface area contributed by atoms with Crippen LogP contribution in [0.5, 0.6) is 0 Å². The molecule has 0 aliphatic carbocycles. The van der Waals surface area contributed by atoms with E-state index in [0.29, 0.717) is 6.54 Å². The SMILES string of the molecule is CCN(C)C(=O)C(C)NC(=O)c1cc([N+](=O)[O-])ccc1F. The molecule has 1 aromatic rings. The second kappa shape index (κ2) is 6.78. The maximum Gasteiger partial charge on any atom is 0.270 e. The molecule has 1 unspecified atom stereocenters. The topological polar surface area (TPSA) is 92.6 Å². The lowest BCUT2D eigenvalue weighted by atomic mass is 10.1. The van der Waals surface area contributed by atoms with Crippen LogP contribution in [-0.4, -0.2) is 41.3 Å². The summed E-state index contributed by atoms with van der Waals surface area (Å²) in [7, 11) is 1.57. The van der Waals surface area contributed by atoms with Crippen LogP contribution in [0.15, 0.2) is 18.2 Å². The summed E-state index contributed by atoms with van der Waals surface area (Å²) in [6.45, 7) is 3.69. The summed E-state index contributed by atoms with van der Waals surface area (Å²) >= 11 is 0. The number of nitro benzene ring substituents is 1. The van der Waals surface area contributed by atoms with Gasteiger partial charge in [-0.3, -0.25) is 19.7 Å². The monoisotopic (exact) mass is 297 g/mol. The van der Waals surface area contributed by atoms with E-state index in [1.165, 1.54) is 11.8 Å². The molecule has 0 heterocycles. The van der Waals surface area contributed by atoms with Gasteiger partial charge in [-0.25, -0.2) is 4.39 Å². The van der Waals surface area contributed by atoms with E-state index in [0.717, 1.165) is 18.2 Å². The van der Waals surface area contributed by atoms with Gasteiger partial charge in [0.25, 0.3) is 11.6 Å². The highest BCUT2D eigenvalue weighted by atomic mass is 19.1. The summed E-state index contributed by atoms with van der Waals surface area (Å²) in [5.41, 5.74) is -0.866. The van der Waals surface area contributed by atoms with Crippen LogP contribution in [-0.2, 0) is 4.79 Å². The molecule has 0 saturated heterocycles. The molecule has 0 aliphatic heterocycles. The van der Waals surface area contributed by atoms with Crippen molar-refractivity contribution in [3.63, 3.8) is 0 Å². The summed E-state index contributed by atoms with van der Waals surface area (Å²) < 4.78 is 13.6. The molecule has 0 aromatic heterocycles. The van der Waals surface area contributed by atoms with E-state index in [1.54, 1.807) is 14.0 Å². The van der Waals surface area contributed by atoms with Crippen molar-refractivity contribution in [3.8, 4) is 0 Å². The number of nitrogens with one attached hydrogen (secondary N) is 1. The van der Waals surface area contributed by atoms with Gasteiger partial charge in [0, 0.05) is 25.7 Å². The molecule has 0 spiro atoms. The number of nitrogens with zero attached hydrogens (tertiary/aromatic N) is 2. The van der Waals surface area contributed by atoms with Crippen molar-refractivity contribution >= 4 is 17.5 Å². The van der Waals surface area contributed by atoms with Crippen molar-refractivity contribution in [2.24, 2.45) is 0 Å². The fourth-order valence-electron chi connectivity index (χ4n) is 1.62. The zero-order valence-corrected chi connectivity index (χ0v) is 11.9. The van der Waals surface area contributed by atoms with Gasteiger partial charge < -0.3 is 10.2 Å². The Hall–Kier alpha value is -2.51. The van der Waals surface area contributed by atoms with E-state index in [4.69, 9.17) is 0 Å². The maximum absolute atomic E-state index is 13.6. The number of carbonyl (C=O) groups excluding carboxylic acids is 2. The molecule has 1 N–H and O–H groups in total. The lowest BCUT2D eigenvalue weighted by Crippen LogP contribution is -2.45. The molecule has 0 saturated carbocycles. The third-order valence-electron chi connectivity index (χ3n) is 2.97. The van der Waals surface area contributed by atoms with Gasteiger partial charge in [0.15, 0.2) is 0 Å². The summed E-state index contributed by atoms with van der Waals surface area (Å²) in [4.78, 5) is 35.0. The first kappa shape index (κ1) is 16.5. The molecule has 1 atom stereocenters. The predicted octanol–water partition coefficient (Wildman–Crippen LogP) is 1.33. The van der Waals surface area contributed by atoms with Gasteiger partial charge in [-0.15, -0.1) is 0 Å². The average molecular weight is 297 g/mol. The standard InChI is InChI=1S/C13H16FN3O4/c1-4-16(3)13(19)8(2)15-12(18)10-7-9(17(20)21)5-6-11(10)14/h5-8H,4H2,1-3H3,(H,15,18). The smallest absolute Gasteiger partial charge is 0.270 e. The van der Waals surface area contributed by atoms with E-state index in [1.807, 2.05) is 0 Å². The number of likely N-dealkylation sites (N-methyl/N-ethyl adjacent to an activating group) is 1. The fourth-order valence-corrected chi connectivity index (χ4v) is 1.62. The minimum Gasteiger partial charge on any atom is -0.344 e. The minimum atomic E-state index is -0.887. The molecular weight excluding hydrogens is 281 g/mol. The third-order valence-corrected chi connectivity index (χ3v) is 2.97. The Balaban J connectivity index is 2.92. The van der Waals surface area contributed by atoms with Crippen molar-refractivity contribution in [1.82, 2.24) is 10.2 Å². The first-order valence-corrected chi connectivity index (χ1v) is 6.27. The van der Waals surface area contributed by atoms with Crippen molar-refractivity contribution in [2.75, 3.05) is 13.6 Å². The Morgan fingerprint density at radius 3 is 2.62 bits per heavy atom. The fraction of sp³-hybridized carbons (Fsp3) is 0.385. The van der Waals surface area contributed by atoms with E-state index >= 15 is 0 Å². The number of non-ortho nitro benzene ring substituents is 1. The predicted molar refractivity (Wildman–Crippen MR) is 73.3 cm³/mol. The molecule has 0 fully saturated rings. The normalized spacial score (nSPS) is 11.6. The van der Waals surface area contributed by atoms with Crippen LogP contribution in [0.1, 0.15) is 24.2 Å². The number of benzene rings is 1. The molecule has 0 bridgehead atoms. The Kier molecular flexibility index (Phi) is 5.34. The highest BCUT2D eigenvalue weighted by molar-refractivity contribution is 5.98. The summed E-state index contributed by atoms with van der Waals surface area (Å²) in [6.07, 6.45) is 0. The Morgan fingerprint density at radius 2 is 2.10 bits per heavy atom. The Bertz CT molecular complexity index is 577. The largest absolute Gasteiger partial charge is 0.344 e. The van der Waals surface area contributed by atoms with Crippen LogP contribution < -0.4 is 5.32 Å². The highest BCUT2D eigenvalue weighted by Crippen LogP contribution is 2.16. The first-order chi connectivity index (χ1) is 9.77. The van der Waals surface area contributed by atoms with Crippen LogP contribution in [0.4, 0.5) is 10.1 Å². The van der Waals surface area contributed by atoms with Gasteiger partial charge in [-0.2, -0.15) is 0 Å². The zero-order chi connectivity index (χ0) is 16.2. The molecule has 114 valence electrons. The van der Waals surface area contributed by atoms with Crippen LogP contribution >= 0.6 is 0 Å². The lowest BCUT2D eigenvalue weighted by Gasteiger charge is -2.20. The molecule has 1 aromatic carbocycles. The van der Waals surface area contributed by atoms with Crippen molar-refractivity contribution in [2.45, 2.75) is 19.9 Å². The van der Waals surface area contributed by atoms with Crippen molar-refractivity contribution < 1.29 is 18.9 Å². The molecule has 7 nitrogen and oxygen atoms in total. The molecule has 2 amide bonds. The number of carbonyl (C=O) groups is 2. The van der Waals surface area contributed by atoms with Crippen molar-refractivity contribution in [1.29, 1.82) is 0 Å². The van der Waals surface area contributed by atoms with Crippen LogP contribution in [0.3, 0.4) is 0 Å². The maximum atomic E-state index is 13.6. The number of hydrogen-bond donors (Lipinski definition) is 1. The molecule has 0 radical (unpaired) electrons. The summed E-state index contributed by atoms with van der Waals surface area (Å²) in [5.74, 6) is -2.10. The lowest BCUT2D eigenvalue weighted by molar-refractivity contribution is -0.384. The van der Waals surface area contributed by atoms with Crippen LogP contribution in [0.2, 0.25) is 0 Å². The number of nitro groups is 1.